The van der Waals surface area contributed by atoms with Gasteiger partial charge in [-0.15, -0.1) is 0 Å². The van der Waals surface area contributed by atoms with Crippen LogP contribution in [0.15, 0.2) is 97.1 Å². The van der Waals surface area contributed by atoms with Gasteiger partial charge in [0.25, 0.3) is 0 Å². The first kappa shape index (κ1) is 16.1. The van der Waals surface area contributed by atoms with Crippen LogP contribution in [0.1, 0.15) is 5.69 Å². The van der Waals surface area contributed by atoms with Crippen molar-refractivity contribution in [2.75, 3.05) is 0 Å². The number of hydrogen-bond donors (Lipinski definition) is 0. The lowest BCUT2D eigenvalue weighted by Gasteiger charge is -2.10. The second-order valence-electron chi connectivity index (χ2n) is 7.37. The summed E-state index contributed by atoms with van der Waals surface area (Å²) in [5.74, 6) is 0.943. The van der Waals surface area contributed by atoms with Gasteiger partial charge in [0, 0.05) is 22.3 Å². The summed E-state index contributed by atoms with van der Waals surface area (Å²) in [7, 11) is 0. The fourth-order valence-electron chi connectivity index (χ4n) is 4.40. The van der Waals surface area contributed by atoms with Crippen molar-refractivity contribution in [3.05, 3.63) is 103 Å². The smallest absolute Gasteiger partial charge is 0.220 e. The summed E-state index contributed by atoms with van der Waals surface area (Å²) >= 11 is 0. The minimum Gasteiger partial charge on any atom is -0.280 e. The van der Waals surface area contributed by atoms with E-state index in [1.807, 2.05) is 0 Å². The van der Waals surface area contributed by atoms with Crippen LogP contribution in [0.25, 0.3) is 44.5 Å². The first-order valence-corrected chi connectivity index (χ1v) is 9.85. The molecule has 0 aliphatic carbocycles. The Hall–Kier alpha value is -3.85. The second kappa shape index (κ2) is 6.08. The van der Waals surface area contributed by atoms with Crippen molar-refractivity contribution >= 4 is 27.6 Å². The van der Waals surface area contributed by atoms with Crippen LogP contribution in [0.5, 0.6) is 0 Å². The Bertz CT molecular complexity index is 1490. The summed E-state index contributed by atoms with van der Waals surface area (Å²) in [4.78, 5) is 5.15. The predicted octanol–water partition coefficient (Wildman–Crippen LogP) is 6.41. The van der Waals surface area contributed by atoms with E-state index in [1.54, 1.807) is 0 Å². The lowest BCUT2D eigenvalue weighted by atomic mass is 10.1. The molecule has 0 radical (unpaired) electrons. The minimum atomic E-state index is 0.943. The number of benzene rings is 4. The fourth-order valence-corrected chi connectivity index (χ4v) is 4.40. The van der Waals surface area contributed by atoms with Crippen LogP contribution in [0, 0.1) is 6.92 Å². The maximum atomic E-state index is 5.15. The van der Waals surface area contributed by atoms with Crippen molar-refractivity contribution in [1.29, 1.82) is 0 Å². The molecule has 0 atom stereocenters. The average molecular weight is 373 g/mol. The summed E-state index contributed by atoms with van der Waals surface area (Å²) in [6.07, 6.45) is 0. The number of aromatic nitrogens is 3. The normalized spacial score (nSPS) is 11.6. The van der Waals surface area contributed by atoms with E-state index in [9.17, 15) is 0 Å². The van der Waals surface area contributed by atoms with Crippen molar-refractivity contribution in [3.8, 4) is 16.9 Å². The highest BCUT2D eigenvalue weighted by Crippen LogP contribution is 2.35. The topological polar surface area (TPSA) is 22.2 Å². The van der Waals surface area contributed by atoms with Gasteiger partial charge in [0.2, 0.25) is 5.78 Å². The van der Waals surface area contributed by atoms with E-state index in [0.29, 0.717) is 0 Å². The first-order valence-electron chi connectivity index (χ1n) is 9.85. The second-order valence-corrected chi connectivity index (χ2v) is 7.37. The Morgan fingerprint density at radius 2 is 1.38 bits per heavy atom. The number of para-hydroxylation sites is 1. The summed E-state index contributed by atoms with van der Waals surface area (Å²) in [6, 6.07) is 33.9. The van der Waals surface area contributed by atoms with Crippen molar-refractivity contribution in [3.63, 3.8) is 0 Å². The van der Waals surface area contributed by atoms with Gasteiger partial charge in [0.15, 0.2) is 0 Å². The molecule has 0 N–H and O–H groups in total. The zero-order valence-corrected chi connectivity index (χ0v) is 16.1. The van der Waals surface area contributed by atoms with Crippen LogP contribution in [-0.2, 0) is 0 Å². The van der Waals surface area contributed by atoms with E-state index in [1.165, 1.54) is 27.7 Å². The van der Waals surface area contributed by atoms with Crippen LogP contribution < -0.4 is 0 Å². The largest absolute Gasteiger partial charge is 0.280 e. The van der Waals surface area contributed by atoms with Crippen LogP contribution in [-0.4, -0.2) is 14.0 Å². The zero-order chi connectivity index (χ0) is 19.4. The number of aryl methyl sites for hydroxylation is 1. The maximum absolute atomic E-state index is 5.15. The molecule has 0 fully saturated rings. The molecule has 3 heteroatoms. The van der Waals surface area contributed by atoms with Crippen LogP contribution in [0.4, 0.5) is 0 Å². The highest BCUT2D eigenvalue weighted by atomic mass is 15.2. The molecule has 138 valence electrons. The average Bonchev–Trinajstić information content (AvgIpc) is 3.30. The molecule has 2 aromatic heterocycles. The van der Waals surface area contributed by atoms with Gasteiger partial charge >= 0.3 is 0 Å². The monoisotopic (exact) mass is 373 g/mol. The van der Waals surface area contributed by atoms with Crippen molar-refractivity contribution in [2.24, 2.45) is 0 Å². The van der Waals surface area contributed by atoms with Gasteiger partial charge in [-0.25, -0.2) is 4.98 Å². The Morgan fingerprint density at radius 1 is 0.690 bits per heavy atom. The first-order chi connectivity index (χ1) is 14.3. The molecule has 6 rings (SSSR count). The van der Waals surface area contributed by atoms with Gasteiger partial charge in [0.05, 0.1) is 16.7 Å². The highest BCUT2D eigenvalue weighted by molar-refractivity contribution is 6.05. The number of hydrogen-bond acceptors (Lipinski definition) is 1. The standard InChI is InChI=1S/C26H19N3/c1-18-25(20-11-4-2-5-12-20)29(21-13-6-3-7-14-21)26-27-24-22-15-9-8-10-19(22)16-17-23(24)28(18)26/h2-17H,1H3. The van der Waals surface area contributed by atoms with Crippen LogP contribution in [0.3, 0.4) is 0 Å². The zero-order valence-electron chi connectivity index (χ0n) is 16.1. The van der Waals surface area contributed by atoms with E-state index in [4.69, 9.17) is 4.98 Å². The van der Waals surface area contributed by atoms with Gasteiger partial charge in [-0.3, -0.25) is 8.97 Å². The molecule has 0 amide bonds. The van der Waals surface area contributed by atoms with E-state index in [2.05, 4.69) is 113 Å². The molecule has 0 unspecified atom stereocenters. The molecule has 6 aromatic rings. The summed E-state index contributed by atoms with van der Waals surface area (Å²) in [5.41, 5.74) is 6.85. The quantitative estimate of drug-likeness (QED) is 0.344. The predicted molar refractivity (Wildman–Crippen MR) is 120 cm³/mol. The molecule has 4 aromatic carbocycles. The van der Waals surface area contributed by atoms with Gasteiger partial charge < -0.3 is 0 Å². The Morgan fingerprint density at radius 3 is 2.17 bits per heavy atom. The van der Waals surface area contributed by atoms with E-state index in [0.717, 1.165) is 22.5 Å². The van der Waals surface area contributed by atoms with Gasteiger partial charge in [-0.05, 0) is 30.5 Å². The molecule has 0 bridgehead atoms. The molecule has 3 nitrogen and oxygen atoms in total. The molecular weight excluding hydrogens is 354 g/mol. The Kier molecular flexibility index (Phi) is 3.38. The van der Waals surface area contributed by atoms with Crippen LogP contribution in [0.2, 0.25) is 0 Å². The minimum absolute atomic E-state index is 0.943. The van der Waals surface area contributed by atoms with Gasteiger partial charge in [0.1, 0.15) is 0 Å². The fraction of sp³-hybridized carbons (Fsp3) is 0.0385. The van der Waals surface area contributed by atoms with E-state index >= 15 is 0 Å². The molecular formula is C26H19N3. The molecule has 0 spiro atoms. The van der Waals surface area contributed by atoms with Gasteiger partial charge in [-0.1, -0.05) is 78.9 Å². The molecule has 0 saturated carbocycles. The maximum Gasteiger partial charge on any atom is 0.220 e. The summed E-state index contributed by atoms with van der Waals surface area (Å²) < 4.78 is 4.57. The summed E-state index contributed by atoms with van der Waals surface area (Å²) in [5, 5.41) is 2.40. The summed E-state index contributed by atoms with van der Waals surface area (Å²) in [6.45, 7) is 2.19. The van der Waals surface area contributed by atoms with E-state index in [-0.39, 0.29) is 0 Å². The van der Waals surface area contributed by atoms with Crippen molar-refractivity contribution in [2.45, 2.75) is 6.92 Å². The Balaban J connectivity index is 1.81. The number of rotatable bonds is 2. The Labute approximate surface area is 168 Å². The molecule has 0 saturated heterocycles. The molecule has 2 heterocycles. The lowest BCUT2D eigenvalue weighted by molar-refractivity contribution is 1.08. The van der Waals surface area contributed by atoms with Crippen molar-refractivity contribution in [1.82, 2.24) is 14.0 Å². The number of nitrogens with zero attached hydrogens (tertiary/aromatic N) is 3. The van der Waals surface area contributed by atoms with Crippen LogP contribution >= 0.6 is 0 Å². The van der Waals surface area contributed by atoms with E-state index < -0.39 is 0 Å². The number of fused-ring (bicyclic) bond motifs is 5. The molecule has 0 aliphatic rings. The third kappa shape index (κ3) is 2.28. The third-order valence-electron chi connectivity index (χ3n) is 5.70. The molecule has 29 heavy (non-hydrogen) atoms. The van der Waals surface area contributed by atoms with Crippen molar-refractivity contribution < 1.29 is 0 Å². The highest BCUT2D eigenvalue weighted by Gasteiger charge is 2.21. The van der Waals surface area contributed by atoms with Gasteiger partial charge in [-0.2, -0.15) is 0 Å². The molecule has 0 aliphatic heterocycles. The SMILES string of the molecule is Cc1c(-c2ccccc2)n(-c2ccccc2)c2nc3c4ccccc4ccc3n12. The third-order valence-corrected chi connectivity index (χ3v) is 5.70. The lowest BCUT2D eigenvalue weighted by Crippen LogP contribution is -1.98. The number of imidazole rings is 2.